The van der Waals surface area contributed by atoms with Gasteiger partial charge in [-0.15, -0.1) is 0 Å². The molecule has 2 atom stereocenters. The molecule has 0 radical (unpaired) electrons. The lowest BCUT2D eigenvalue weighted by atomic mass is 10.0. The molecule has 0 spiro atoms. The van der Waals surface area contributed by atoms with Crippen LogP contribution in [0.2, 0.25) is 25.1 Å². The first kappa shape index (κ1) is 63.5. The highest BCUT2D eigenvalue weighted by molar-refractivity contribution is 6.38. The molecule has 1 aliphatic rings. The van der Waals surface area contributed by atoms with Gasteiger partial charge in [-0.1, -0.05) is 166 Å². The molecule has 8 aromatic carbocycles. The van der Waals surface area contributed by atoms with Crippen LogP contribution in [0.15, 0.2) is 187 Å². The largest absolute Gasteiger partial charge is 0.508 e. The molecule has 0 aromatic heterocycles. The van der Waals surface area contributed by atoms with Crippen molar-refractivity contribution in [1.29, 1.82) is 0 Å². The molecule has 8 aromatic rings. The number of aliphatic hydroxyl groups is 1. The van der Waals surface area contributed by atoms with Crippen LogP contribution in [0.4, 0.5) is 34.6 Å². The lowest BCUT2D eigenvalue weighted by Crippen LogP contribution is -2.49. The molecule has 0 saturated carbocycles. The van der Waals surface area contributed by atoms with E-state index in [0.717, 1.165) is 34.9 Å². The number of hydrogen-bond acceptors (Lipinski definition) is 10. The maximum Gasteiger partial charge on any atom is 0.416 e. The van der Waals surface area contributed by atoms with E-state index in [1.165, 1.54) is 53.6 Å². The second kappa shape index (κ2) is 29.9. The van der Waals surface area contributed by atoms with Crippen LogP contribution in [0.5, 0.6) is 34.5 Å². The Kier molecular flexibility index (Phi) is 23.4. The fourth-order valence-electron chi connectivity index (χ4n) is 7.38. The number of halogens is 11. The van der Waals surface area contributed by atoms with Crippen molar-refractivity contribution < 1.29 is 47.8 Å². The van der Waals surface area contributed by atoms with Crippen LogP contribution >= 0.6 is 81.2 Å². The predicted molar refractivity (Wildman–Crippen MR) is 320 cm³/mol. The Bertz CT molecular complexity index is 3400. The number of nitrogens with one attached hydrogen (secondary N) is 4. The monoisotopic (exact) mass is 1240 g/mol. The number of aryl methyl sites for hydroxylation is 1. The summed E-state index contributed by atoms with van der Waals surface area (Å²) in [7, 11) is 0. The number of benzene rings is 8. The minimum Gasteiger partial charge on any atom is -0.508 e. The molecule has 0 bridgehead atoms. The van der Waals surface area contributed by atoms with Gasteiger partial charge in [-0.25, -0.2) is 4.39 Å². The van der Waals surface area contributed by atoms with Crippen LogP contribution < -0.4 is 26.0 Å². The topological polar surface area (TPSA) is 158 Å². The number of aliphatic hydroxyl groups excluding tert-OH is 1. The summed E-state index contributed by atoms with van der Waals surface area (Å²) in [5.41, 5.74) is 5.31. The molecule has 10 nitrogen and oxygen atoms in total. The molecule has 424 valence electrons. The zero-order valence-electron chi connectivity index (χ0n) is 42.5. The van der Waals surface area contributed by atoms with Crippen molar-refractivity contribution in [3.05, 3.63) is 251 Å². The molecule has 0 aliphatic heterocycles. The standard InChI is InChI=1S/C19H17NO3.C14H10Cl2F3NO.C14H13Cl2NO.C13H11Cl3FNO/c21-15-9-10-18(19(22)12-15)20-13-14-5-4-8-17(11-14)23-16-6-2-1-3-7-16;15-11-5-10(6-12(16)13(11)21)20-7-8-2-1-3-9(4-8)14(17,18)19;1-9-3-2-4-10(5-9)8-17-11-6-12(15)14(18)13(16)7-11;14-9-3-1-5-11(17)8(9)7-18-13(16)6-2-4-10(15)12(13)19/h1-12,20-22H,13H2;1-6,20-21H,7H2;2-7,17-18H,8H2,1H3;1-6,12,18-19H,7H2. The summed E-state index contributed by atoms with van der Waals surface area (Å²) >= 11 is 41.2. The van der Waals surface area contributed by atoms with Crippen LogP contribution in [0.3, 0.4) is 0 Å². The molecule has 9 rings (SSSR count). The third-order valence-electron chi connectivity index (χ3n) is 11.6. The molecule has 9 N–H and O–H groups in total. The molecule has 21 heteroatoms. The van der Waals surface area contributed by atoms with E-state index in [1.54, 1.807) is 48.6 Å². The van der Waals surface area contributed by atoms with Crippen LogP contribution in [-0.4, -0.2) is 36.6 Å². The van der Waals surface area contributed by atoms with E-state index in [-0.39, 0.29) is 66.8 Å². The van der Waals surface area contributed by atoms with Crippen molar-refractivity contribution in [1.82, 2.24) is 5.32 Å². The van der Waals surface area contributed by atoms with Gasteiger partial charge in [-0.3, -0.25) is 5.32 Å². The average Bonchev–Trinajstić information content (AvgIpc) is 3.45. The number of alkyl halides is 4. The van der Waals surface area contributed by atoms with Crippen molar-refractivity contribution in [3.8, 4) is 34.5 Å². The summed E-state index contributed by atoms with van der Waals surface area (Å²) in [5, 5.41) is 61.1. The highest BCUT2D eigenvalue weighted by Crippen LogP contribution is 2.37. The van der Waals surface area contributed by atoms with E-state index in [2.05, 4.69) is 40.3 Å². The zero-order valence-corrected chi connectivity index (χ0v) is 47.8. The SMILES string of the molecule is Cc1cccc(CNc2cc(Cl)c(O)c(Cl)c2)c1.OC1C(Cl)=CC=CC1(Cl)NCc1c(F)cccc1Cl.Oc1c(Cl)cc(NCc2cccc(C(F)(F)F)c2)cc1Cl.Oc1ccc(NCc2cccc(Oc3ccccc3)c2)c(O)c1. The highest BCUT2D eigenvalue weighted by atomic mass is 35.5. The molecule has 81 heavy (non-hydrogen) atoms. The van der Waals surface area contributed by atoms with Gasteiger partial charge in [-0.2, -0.15) is 13.2 Å². The number of aromatic hydroxyl groups is 4. The summed E-state index contributed by atoms with van der Waals surface area (Å²) in [4.78, 5) is -1.28. The number of phenolic OH excluding ortho intramolecular Hbond substituents is 4. The Hall–Kier alpha value is -6.69. The van der Waals surface area contributed by atoms with E-state index in [4.69, 9.17) is 85.9 Å². The minimum absolute atomic E-state index is 0.0155. The van der Waals surface area contributed by atoms with Gasteiger partial charge < -0.3 is 46.2 Å². The molecule has 2 unspecified atom stereocenters. The molecule has 1 aliphatic carbocycles. The number of ether oxygens (including phenoxy) is 1. The summed E-state index contributed by atoms with van der Waals surface area (Å²) < 4.78 is 57.2. The minimum atomic E-state index is -4.37. The summed E-state index contributed by atoms with van der Waals surface area (Å²) in [6.45, 7) is 3.50. The maximum absolute atomic E-state index is 13.6. The molecule has 0 fully saturated rings. The Labute approximate surface area is 500 Å². The number of anilines is 3. The van der Waals surface area contributed by atoms with Gasteiger partial charge in [0.2, 0.25) is 0 Å². The van der Waals surface area contributed by atoms with Crippen LogP contribution in [0, 0.1) is 12.7 Å². The maximum atomic E-state index is 13.6. The second-order valence-electron chi connectivity index (χ2n) is 17.7. The predicted octanol–water partition coefficient (Wildman–Crippen LogP) is 18.0. The average molecular weight is 1250 g/mol. The van der Waals surface area contributed by atoms with E-state index in [0.29, 0.717) is 35.1 Å². The fraction of sp³-hybridized carbons (Fsp3) is 0.133. The van der Waals surface area contributed by atoms with Gasteiger partial charge in [0.1, 0.15) is 39.9 Å². The van der Waals surface area contributed by atoms with Crippen LogP contribution in [0.25, 0.3) is 0 Å². The molecule has 0 saturated heterocycles. The number of rotatable bonds is 14. The van der Waals surface area contributed by atoms with Gasteiger partial charge in [0, 0.05) is 54.2 Å². The van der Waals surface area contributed by atoms with Gasteiger partial charge >= 0.3 is 6.18 Å². The third-order valence-corrected chi connectivity index (χ3v) is 13.9. The van der Waals surface area contributed by atoms with E-state index in [1.807, 2.05) is 66.7 Å². The first-order valence-electron chi connectivity index (χ1n) is 24.2. The lowest BCUT2D eigenvalue weighted by molar-refractivity contribution is -0.137. The Morgan fingerprint density at radius 3 is 1.65 bits per heavy atom. The van der Waals surface area contributed by atoms with Gasteiger partial charge in [-0.05, 0) is 121 Å². The van der Waals surface area contributed by atoms with Crippen molar-refractivity contribution in [2.24, 2.45) is 0 Å². The van der Waals surface area contributed by atoms with Crippen molar-refractivity contribution in [2.45, 2.75) is 50.4 Å². The summed E-state index contributed by atoms with van der Waals surface area (Å²) in [6.07, 6.45) is -0.754. The zero-order chi connectivity index (χ0) is 58.9. The quantitative estimate of drug-likeness (QED) is 0.0169. The lowest BCUT2D eigenvalue weighted by Gasteiger charge is -2.32. The Morgan fingerprint density at radius 2 is 1.09 bits per heavy atom. The molecular weight excluding hydrogens is 1200 g/mol. The van der Waals surface area contributed by atoms with Crippen molar-refractivity contribution >= 4 is 98.3 Å². The van der Waals surface area contributed by atoms with Gasteiger partial charge in [0.05, 0.1) is 36.4 Å². The third kappa shape index (κ3) is 19.5. The number of allylic oxidation sites excluding steroid dienone is 2. The van der Waals surface area contributed by atoms with Crippen molar-refractivity contribution in [3.63, 3.8) is 0 Å². The Balaban J connectivity index is 0.000000175. The van der Waals surface area contributed by atoms with Crippen LogP contribution in [0.1, 0.15) is 33.4 Å². The van der Waals surface area contributed by atoms with E-state index < -0.39 is 28.7 Å². The number of phenols is 4. The molecular formula is C60H51Cl7F4N4O6. The van der Waals surface area contributed by atoms with Gasteiger partial charge in [0.25, 0.3) is 0 Å². The summed E-state index contributed by atoms with van der Waals surface area (Å²) in [6, 6.07) is 45.6. The molecule has 0 amide bonds. The van der Waals surface area contributed by atoms with E-state index in [9.17, 15) is 43.1 Å². The second-order valence-corrected chi connectivity index (χ2v) is 20.8. The van der Waals surface area contributed by atoms with Gasteiger partial charge in [0.15, 0.2) is 11.5 Å². The smallest absolute Gasteiger partial charge is 0.416 e. The van der Waals surface area contributed by atoms with Crippen molar-refractivity contribution in [2.75, 3.05) is 16.0 Å². The first-order chi connectivity index (χ1) is 38.5. The van der Waals surface area contributed by atoms with E-state index >= 15 is 0 Å². The highest BCUT2D eigenvalue weighted by Gasteiger charge is 2.37. The summed E-state index contributed by atoms with van der Waals surface area (Å²) in [5.74, 6) is 0.839. The molecule has 0 heterocycles. The Morgan fingerprint density at radius 1 is 0.556 bits per heavy atom. The number of hydrogen-bond donors (Lipinski definition) is 9. The first-order valence-corrected chi connectivity index (χ1v) is 26.9. The van der Waals surface area contributed by atoms with Crippen LogP contribution in [-0.2, 0) is 32.4 Å². The number of para-hydroxylation sites is 1. The normalized spacial score (nSPS) is 14.4. The fourth-order valence-corrected chi connectivity index (χ4v) is 9.14.